The monoisotopic (exact) mass is 359 g/mol. The fraction of sp³-hybridized carbons (Fsp3) is 0.733. The third-order valence-corrected chi connectivity index (χ3v) is 4.08. The van der Waals surface area contributed by atoms with Crippen molar-refractivity contribution in [3.05, 3.63) is 16.3 Å². The molecule has 10 heteroatoms. The predicted molar refractivity (Wildman–Crippen MR) is 81.5 cm³/mol. The molecule has 138 valence electrons. The minimum absolute atomic E-state index is 0.0712. The largest absolute Gasteiger partial charge is 0.390 e. The fourth-order valence-electron chi connectivity index (χ4n) is 2.76. The van der Waals surface area contributed by atoms with Crippen molar-refractivity contribution in [3.63, 3.8) is 0 Å². The molecule has 0 aromatic carbocycles. The molecule has 0 spiro atoms. The summed E-state index contributed by atoms with van der Waals surface area (Å²) in [5.41, 5.74) is -0.415. The summed E-state index contributed by atoms with van der Waals surface area (Å²) in [7, 11) is 0. The summed E-state index contributed by atoms with van der Waals surface area (Å²) in [4.78, 5) is 25.6. The summed E-state index contributed by atoms with van der Waals surface area (Å²) in [5, 5.41) is 12.8. The number of hydrogen-bond donors (Lipinski definition) is 0. The quantitative estimate of drug-likeness (QED) is 0.770. The minimum atomic E-state index is -4.40. The molecule has 2 heterocycles. The van der Waals surface area contributed by atoms with Gasteiger partial charge in [0, 0.05) is 26.1 Å². The van der Waals surface area contributed by atoms with Crippen LogP contribution in [-0.2, 0) is 24.3 Å². The maximum Gasteiger partial charge on any atom is 0.390 e. The molecule has 1 aromatic heterocycles. The molecule has 0 radical (unpaired) electrons. The van der Waals surface area contributed by atoms with Crippen molar-refractivity contribution in [1.82, 2.24) is 19.2 Å². The van der Waals surface area contributed by atoms with Crippen molar-refractivity contribution in [2.75, 3.05) is 13.1 Å². The number of aromatic nitrogens is 3. The molecule has 1 aromatic rings. The van der Waals surface area contributed by atoms with Crippen LogP contribution in [-0.4, -0.2) is 44.4 Å². The molecule has 25 heavy (non-hydrogen) atoms. The van der Waals surface area contributed by atoms with Gasteiger partial charge < -0.3 is 4.90 Å². The summed E-state index contributed by atoms with van der Waals surface area (Å²) in [5.74, 6) is -0.0379. The van der Waals surface area contributed by atoms with Gasteiger partial charge in [0.1, 0.15) is 12.4 Å². The lowest BCUT2D eigenvalue weighted by molar-refractivity contribution is -0.145. The van der Waals surface area contributed by atoms with Crippen LogP contribution in [0.5, 0.6) is 0 Å². The Kier molecular flexibility index (Phi) is 6.22. The number of rotatable bonds is 6. The lowest BCUT2D eigenvalue weighted by Crippen LogP contribution is -2.39. The molecule has 0 saturated carbocycles. The van der Waals surface area contributed by atoms with Crippen molar-refractivity contribution >= 4 is 5.91 Å². The zero-order chi connectivity index (χ0) is 18.4. The van der Waals surface area contributed by atoms with Gasteiger partial charge in [-0.2, -0.15) is 23.5 Å². The van der Waals surface area contributed by atoms with Gasteiger partial charge in [-0.1, -0.05) is 6.42 Å². The van der Waals surface area contributed by atoms with E-state index in [0.29, 0.717) is 18.8 Å². The molecule has 2 rings (SSSR count). The van der Waals surface area contributed by atoms with Gasteiger partial charge >= 0.3 is 11.9 Å². The first-order valence-electron chi connectivity index (χ1n) is 8.20. The molecule has 0 bridgehead atoms. The summed E-state index contributed by atoms with van der Waals surface area (Å²) < 4.78 is 39.8. The van der Waals surface area contributed by atoms with E-state index < -0.39 is 37.3 Å². The molecule has 0 saturated heterocycles. The Morgan fingerprint density at radius 3 is 2.72 bits per heavy atom. The zero-order valence-electron chi connectivity index (χ0n) is 13.8. The van der Waals surface area contributed by atoms with Crippen LogP contribution in [0.4, 0.5) is 13.2 Å². The molecule has 7 nitrogen and oxygen atoms in total. The van der Waals surface area contributed by atoms with E-state index in [1.165, 1.54) is 4.57 Å². The highest BCUT2D eigenvalue weighted by atomic mass is 19.4. The second kappa shape index (κ2) is 8.18. The van der Waals surface area contributed by atoms with Gasteiger partial charge in [0.2, 0.25) is 5.91 Å². The Morgan fingerprint density at radius 2 is 2.04 bits per heavy atom. The maximum atomic E-state index is 12.4. The fourth-order valence-corrected chi connectivity index (χ4v) is 2.76. The van der Waals surface area contributed by atoms with Crippen LogP contribution in [0.25, 0.3) is 0 Å². The van der Waals surface area contributed by atoms with Crippen LogP contribution < -0.4 is 5.69 Å². The number of carbonyl (C=O) groups is 1. The van der Waals surface area contributed by atoms with E-state index in [0.717, 1.165) is 28.8 Å². The maximum absolute atomic E-state index is 12.4. The molecular formula is C15H20F3N5O2. The van der Waals surface area contributed by atoms with E-state index in [1.54, 1.807) is 0 Å². The van der Waals surface area contributed by atoms with Crippen LogP contribution in [0, 0.1) is 11.3 Å². The van der Waals surface area contributed by atoms with E-state index in [4.69, 9.17) is 5.26 Å². The van der Waals surface area contributed by atoms with E-state index in [-0.39, 0.29) is 13.0 Å². The molecule has 0 atom stereocenters. The highest BCUT2D eigenvalue weighted by molar-refractivity contribution is 5.75. The van der Waals surface area contributed by atoms with Crippen LogP contribution in [0.2, 0.25) is 0 Å². The van der Waals surface area contributed by atoms with Gasteiger partial charge in [-0.05, 0) is 12.8 Å². The third kappa shape index (κ3) is 5.34. The Bertz CT molecular complexity index is 701. The number of nitrogens with zero attached hydrogens (tertiary/aromatic N) is 5. The van der Waals surface area contributed by atoms with Gasteiger partial charge in [0.05, 0.1) is 18.9 Å². The topological polar surface area (TPSA) is 83.9 Å². The molecule has 1 aliphatic rings. The van der Waals surface area contributed by atoms with Gasteiger partial charge in [-0.3, -0.25) is 9.36 Å². The van der Waals surface area contributed by atoms with Crippen molar-refractivity contribution in [2.45, 2.75) is 57.8 Å². The van der Waals surface area contributed by atoms with Crippen molar-refractivity contribution in [3.8, 4) is 6.07 Å². The van der Waals surface area contributed by atoms with Crippen LogP contribution >= 0.6 is 0 Å². The summed E-state index contributed by atoms with van der Waals surface area (Å²) >= 11 is 0. The Hall–Kier alpha value is -2.31. The first kappa shape index (κ1) is 19.0. The zero-order valence-corrected chi connectivity index (χ0v) is 13.8. The predicted octanol–water partition coefficient (Wildman–Crippen LogP) is 1.47. The van der Waals surface area contributed by atoms with Gasteiger partial charge in [-0.25, -0.2) is 9.48 Å². The average Bonchev–Trinajstić information content (AvgIpc) is 2.72. The van der Waals surface area contributed by atoms with E-state index in [2.05, 4.69) is 5.10 Å². The molecule has 1 aliphatic heterocycles. The standard InChI is InChI=1S/C15H20F3N5O2/c16-15(17,18)6-10-21(8-4-7-19)13(24)11-23-14(25)22-9-3-1-2-5-12(22)20-23/h1-6,8-11H2. The van der Waals surface area contributed by atoms with Crippen LogP contribution in [0.1, 0.15) is 37.9 Å². The lowest BCUT2D eigenvalue weighted by atomic mass is 10.2. The normalized spacial score (nSPS) is 14.5. The molecular weight excluding hydrogens is 339 g/mol. The van der Waals surface area contributed by atoms with Crippen molar-refractivity contribution in [1.29, 1.82) is 5.26 Å². The SMILES string of the molecule is N#CCCN(CCC(F)(F)F)C(=O)Cn1nc2n(c1=O)CCCCC2. The number of fused-ring (bicyclic) bond motifs is 1. The minimum Gasteiger partial charge on any atom is -0.340 e. The molecule has 0 aliphatic carbocycles. The highest BCUT2D eigenvalue weighted by Gasteiger charge is 2.29. The van der Waals surface area contributed by atoms with E-state index in [1.807, 2.05) is 6.07 Å². The van der Waals surface area contributed by atoms with Gasteiger partial charge in [0.25, 0.3) is 0 Å². The number of nitriles is 1. The molecule has 1 amide bonds. The summed E-state index contributed by atoms with van der Waals surface area (Å²) in [6.07, 6.45) is -2.22. The van der Waals surface area contributed by atoms with Gasteiger partial charge in [0.15, 0.2) is 0 Å². The molecule has 0 unspecified atom stereocenters. The summed E-state index contributed by atoms with van der Waals surface area (Å²) in [6.45, 7) is -0.517. The van der Waals surface area contributed by atoms with Gasteiger partial charge in [-0.15, -0.1) is 0 Å². The second-order valence-electron chi connectivity index (χ2n) is 5.97. The Balaban J connectivity index is 2.09. The smallest absolute Gasteiger partial charge is 0.340 e. The number of alkyl halides is 3. The Morgan fingerprint density at radius 1 is 1.28 bits per heavy atom. The first-order valence-corrected chi connectivity index (χ1v) is 8.20. The molecule has 0 fully saturated rings. The number of carbonyl (C=O) groups excluding carboxylic acids is 1. The number of aryl methyl sites for hydroxylation is 1. The van der Waals surface area contributed by atoms with Crippen LogP contribution in [0.3, 0.4) is 0 Å². The van der Waals surface area contributed by atoms with E-state index >= 15 is 0 Å². The first-order chi connectivity index (χ1) is 11.8. The van der Waals surface area contributed by atoms with Crippen molar-refractivity contribution < 1.29 is 18.0 Å². The highest BCUT2D eigenvalue weighted by Crippen LogP contribution is 2.20. The number of hydrogen-bond acceptors (Lipinski definition) is 4. The molecule has 0 N–H and O–H groups in total. The Labute approximate surface area is 142 Å². The lowest BCUT2D eigenvalue weighted by Gasteiger charge is -2.22. The van der Waals surface area contributed by atoms with Crippen molar-refractivity contribution in [2.24, 2.45) is 0 Å². The summed E-state index contributed by atoms with van der Waals surface area (Å²) in [6, 6.07) is 1.81. The van der Waals surface area contributed by atoms with Crippen LogP contribution in [0.15, 0.2) is 4.79 Å². The third-order valence-electron chi connectivity index (χ3n) is 4.08. The van der Waals surface area contributed by atoms with E-state index in [9.17, 15) is 22.8 Å². The number of amides is 1. The average molecular weight is 359 g/mol. The second-order valence-corrected chi connectivity index (χ2v) is 5.97. The number of halogens is 3.